The van der Waals surface area contributed by atoms with Gasteiger partial charge in [-0.2, -0.15) is 13.2 Å². The molecule has 32 heavy (non-hydrogen) atoms. The molecule has 170 valence electrons. The van der Waals surface area contributed by atoms with E-state index >= 15 is 0 Å². The fraction of sp³-hybridized carbons (Fsp3) is 0.286. The van der Waals surface area contributed by atoms with Gasteiger partial charge >= 0.3 is 6.18 Å². The zero-order valence-corrected chi connectivity index (χ0v) is 17.8. The van der Waals surface area contributed by atoms with E-state index in [0.29, 0.717) is 5.69 Å². The van der Waals surface area contributed by atoms with Gasteiger partial charge < -0.3 is 16.2 Å². The van der Waals surface area contributed by atoms with E-state index < -0.39 is 39.8 Å². The Morgan fingerprint density at radius 2 is 1.88 bits per heavy atom. The van der Waals surface area contributed by atoms with Crippen LogP contribution in [0.3, 0.4) is 0 Å². The summed E-state index contributed by atoms with van der Waals surface area (Å²) in [6.07, 6.45) is 0.211. The molecule has 0 fully saturated rings. The summed E-state index contributed by atoms with van der Waals surface area (Å²) in [5.74, 6) is 7.44. The normalized spacial score (nSPS) is 14.4. The summed E-state index contributed by atoms with van der Waals surface area (Å²) in [7, 11) is -3.88. The number of hydrogen-bond donors (Lipinski definition) is 4. The first-order valence-corrected chi connectivity index (χ1v) is 10.6. The summed E-state index contributed by atoms with van der Waals surface area (Å²) in [5.41, 5.74) is 2.23. The number of sulfonamides is 1. The minimum atomic E-state index is -4.96. The third kappa shape index (κ3) is 5.92. The predicted molar refractivity (Wildman–Crippen MR) is 115 cm³/mol. The lowest BCUT2D eigenvalue weighted by Crippen LogP contribution is -2.42. The number of nitrogens with zero attached hydrogens (tertiary/aromatic N) is 1. The topological polar surface area (TPSA) is 117 Å². The maximum atomic E-state index is 13.3. The number of terminal acetylenes is 1. The lowest BCUT2D eigenvalue weighted by molar-refractivity contribution is -0.264. The molecule has 1 aromatic heterocycles. The average Bonchev–Trinajstić information content (AvgIpc) is 2.72. The number of rotatable bonds is 8. The molecule has 0 aliphatic rings. The molecule has 0 amide bonds. The van der Waals surface area contributed by atoms with Crippen molar-refractivity contribution in [3.8, 4) is 24.2 Å². The molecule has 2 atom stereocenters. The fourth-order valence-electron chi connectivity index (χ4n) is 2.70. The van der Waals surface area contributed by atoms with Gasteiger partial charge in [-0.25, -0.2) is 18.1 Å². The monoisotopic (exact) mass is 466 g/mol. The molecule has 1 aromatic carbocycles. The minimum absolute atomic E-state index is 0.0841. The number of aliphatic hydroxyl groups is 1. The summed E-state index contributed by atoms with van der Waals surface area (Å²) in [6, 6.07) is 6.75. The van der Waals surface area contributed by atoms with Crippen LogP contribution in [0.5, 0.6) is 0 Å². The van der Waals surface area contributed by atoms with Crippen molar-refractivity contribution in [3.63, 3.8) is 0 Å². The van der Waals surface area contributed by atoms with Gasteiger partial charge in [0.05, 0.1) is 6.42 Å². The zero-order chi connectivity index (χ0) is 24.0. The predicted octanol–water partition coefficient (Wildman–Crippen LogP) is 2.22. The van der Waals surface area contributed by atoms with Crippen LogP contribution in [0.4, 0.5) is 24.7 Å². The van der Waals surface area contributed by atoms with E-state index in [0.717, 1.165) is 18.3 Å². The third-order valence-electron chi connectivity index (χ3n) is 4.40. The van der Waals surface area contributed by atoms with Gasteiger partial charge in [0.2, 0.25) is 10.0 Å². The summed E-state index contributed by atoms with van der Waals surface area (Å²) in [6.45, 7) is 1.41. The van der Waals surface area contributed by atoms with Crippen LogP contribution in [0.25, 0.3) is 0 Å². The molecule has 7 nitrogen and oxygen atoms in total. The summed E-state index contributed by atoms with van der Waals surface area (Å²) < 4.78 is 67.1. The molecule has 0 aliphatic heterocycles. The number of pyridine rings is 1. The van der Waals surface area contributed by atoms with E-state index in [1.807, 2.05) is 5.92 Å². The van der Waals surface area contributed by atoms with Crippen molar-refractivity contribution in [2.24, 2.45) is 0 Å². The summed E-state index contributed by atoms with van der Waals surface area (Å²) in [4.78, 5) is 3.65. The number of hydrogen-bond acceptors (Lipinski definition) is 6. The molecular formula is C21H21F3N4O3S. The molecular weight excluding hydrogens is 445 g/mol. The lowest BCUT2D eigenvalue weighted by atomic mass is 9.90. The Balaban J connectivity index is 2.15. The van der Waals surface area contributed by atoms with Gasteiger partial charge in [-0.1, -0.05) is 18.1 Å². The maximum Gasteiger partial charge on any atom is 0.422 e. The number of aromatic nitrogens is 1. The molecule has 5 N–H and O–H groups in total. The zero-order valence-electron chi connectivity index (χ0n) is 16.9. The van der Waals surface area contributed by atoms with Crippen LogP contribution < -0.4 is 15.8 Å². The number of nitrogens with one attached hydrogen (secondary N) is 2. The third-order valence-corrected chi connectivity index (χ3v) is 5.80. The number of benzene rings is 1. The number of nitrogens with two attached hydrogens (primary N) is 1. The van der Waals surface area contributed by atoms with E-state index in [4.69, 9.17) is 12.2 Å². The van der Waals surface area contributed by atoms with Crippen LogP contribution in [0.2, 0.25) is 0 Å². The summed E-state index contributed by atoms with van der Waals surface area (Å²) in [5, 5.41) is 13.0. The molecule has 0 spiro atoms. The van der Waals surface area contributed by atoms with Crippen molar-refractivity contribution in [2.45, 2.75) is 36.1 Å². The largest absolute Gasteiger partial charge is 0.422 e. The van der Waals surface area contributed by atoms with Crippen molar-refractivity contribution in [2.75, 3.05) is 17.6 Å². The highest BCUT2D eigenvalue weighted by Crippen LogP contribution is 2.41. The van der Waals surface area contributed by atoms with Gasteiger partial charge in [0.15, 0.2) is 5.60 Å². The van der Waals surface area contributed by atoms with Crippen LogP contribution in [-0.4, -0.2) is 37.3 Å². The van der Waals surface area contributed by atoms with Crippen LogP contribution in [-0.2, 0) is 15.6 Å². The number of anilines is 2. The van der Waals surface area contributed by atoms with E-state index in [2.05, 4.69) is 26.9 Å². The summed E-state index contributed by atoms with van der Waals surface area (Å²) >= 11 is 0. The molecule has 0 radical (unpaired) electrons. The first-order chi connectivity index (χ1) is 14.9. The van der Waals surface area contributed by atoms with Crippen LogP contribution in [0, 0.1) is 24.2 Å². The Morgan fingerprint density at radius 3 is 2.38 bits per heavy atom. The maximum absolute atomic E-state index is 13.3. The lowest BCUT2D eigenvalue weighted by Gasteiger charge is -2.29. The molecule has 1 unspecified atom stereocenters. The van der Waals surface area contributed by atoms with E-state index in [-0.39, 0.29) is 17.3 Å². The van der Waals surface area contributed by atoms with Gasteiger partial charge in [-0.15, -0.1) is 18.3 Å². The Bertz CT molecular complexity index is 1130. The molecule has 0 aliphatic carbocycles. The van der Waals surface area contributed by atoms with Gasteiger partial charge in [0, 0.05) is 18.4 Å². The molecule has 0 saturated carbocycles. The quantitative estimate of drug-likeness (QED) is 0.443. The molecule has 1 heterocycles. The van der Waals surface area contributed by atoms with Crippen LogP contribution in [0.1, 0.15) is 18.9 Å². The fourth-order valence-corrected chi connectivity index (χ4v) is 3.69. The SMILES string of the molecule is C#CCC(O)(c1ccc(N[C@@H](C#CC)CNS(=O)(=O)c2ccc(N)nc2)cc1)C(F)(F)F. The van der Waals surface area contributed by atoms with Crippen LogP contribution >= 0.6 is 0 Å². The number of halogens is 3. The molecule has 0 saturated heterocycles. The van der Waals surface area contributed by atoms with Gasteiger partial charge in [-0.3, -0.25) is 0 Å². The minimum Gasteiger partial charge on any atom is -0.384 e. The van der Waals surface area contributed by atoms with Crippen molar-refractivity contribution in [1.29, 1.82) is 0 Å². The highest BCUT2D eigenvalue weighted by Gasteiger charge is 2.54. The smallest absolute Gasteiger partial charge is 0.384 e. The standard InChI is InChI=1S/C21H21F3N4O3S/c1-3-5-17(13-27-32(30,31)18-10-11-19(25)26-14-18)28-16-8-6-15(7-9-16)20(29,12-4-2)21(22,23)24/h2,6-11,14,17,27-29H,12-13H2,1H3,(H2,25,26)/t17-,20?/m0/s1. The molecule has 2 aromatic rings. The first-order valence-electron chi connectivity index (χ1n) is 9.16. The van der Waals surface area contributed by atoms with E-state index in [9.17, 15) is 26.7 Å². The number of alkyl halides is 3. The Labute approximate surface area is 184 Å². The second kappa shape index (κ2) is 9.92. The van der Waals surface area contributed by atoms with Crippen LogP contribution in [0.15, 0.2) is 47.5 Å². The van der Waals surface area contributed by atoms with Crippen molar-refractivity contribution in [3.05, 3.63) is 48.2 Å². The second-order valence-electron chi connectivity index (χ2n) is 6.68. The van der Waals surface area contributed by atoms with Gasteiger partial charge in [-0.05, 0) is 36.8 Å². The molecule has 2 rings (SSSR count). The first kappa shape index (κ1) is 25.0. The molecule has 0 bridgehead atoms. The Hall–Kier alpha value is -3.25. The Kier molecular flexibility index (Phi) is 7.75. The van der Waals surface area contributed by atoms with Crippen molar-refractivity contribution in [1.82, 2.24) is 9.71 Å². The van der Waals surface area contributed by atoms with Crippen molar-refractivity contribution < 1.29 is 26.7 Å². The molecule has 11 heteroatoms. The highest BCUT2D eigenvalue weighted by molar-refractivity contribution is 7.89. The highest BCUT2D eigenvalue weighted by atomic mass is 32.2. The Morgan fingerprint density at radius 1 is 1.22 bits per heavy atom. The van der Waals surface area contributed by atoms with Gasteiger partial charge in [0.25, 0.3) is 0 Å². The second-order valence-corrected chi connectivity index (χ2v) is 8.45. The van der Waals surface area contributed by atoms with E-state index in [1.165, 1.54) is 24.3 Å². The van der Waals surface area contributed by atoms with Crippen molar-refractivity contribution >= 4 is 21.5 Å². The average molecular weight is 466 g/mol. The van der Waals surface area contributed by atoms with Gasteiger partial charge in [0.1, 0.15) is 16.8 Å². The number of nitrogen functional groups attached to an aromatic ring is 1. The van der Waals surface area contributed by atoms with E-state index in [1.54, 1.807) is 6.92 Å².